The highest BCUT2D eigenvalue weighted by atomic mass is 16.2. The lowest BCUT2D eigenvalue weighted by atomic mass is 9.99. The lowest BCUT2D eigenvalue weighted by Gasteiger charge is -2.37. The normalized spacial score (nSPS) is 17.1. The standard InChI is InChI=1S/C17H20N4O/c1-11(2)15-10-21(16-7-5-4-6-13(16)20-15)17(22)14-8-9-18-12(3)19-14/h4-9,11,15,20H,10H2,1-3H3/t15-/m1/s1. The van der Waals surface area contributed by atoms with Crippen LogP contribution in [0, 0.1) is 12.8 Å². The van der Waals surface area contributed by atoms with E-state index in [0.717, 1.165) is 11.4 Å². The average Bonchev–Trinajstić information content (AvgIpc) is 2.53. The van der Waals surface area contributed by atoms with Gasteiger partial charge in [0.25, 0.3) is 5.91 Å². The number of rotatable bonds is 2. The molecular weight excluding hydrogens is 276 g/mol. The molecule has 1 aliphatic rings. The molecule has 2 aromatic rings. The number of carbonyl (C=O) groups excluding carboxylic acids is 1. The minimum absolute atomic E-state index is 0.0786. The fourth-order valence-corrected chi connectivity index (χ4v) is 2.65. The Labute approximate surface area is 130 Å². The van der Waals surface area contributed by atoms with Crippen molar-refractivity contribution in [1.29, 1.82) is 0 Å². The molecule has 2 heterocycles. The maximum atomic E-state index is 12.9. The molecule has 5 nitrogen and oxygen atoms in total. The lowest BCUT2D eigenvalue weighted by molar-refractivity contribution is 0.0978. The zero-order valence-electron chi connectivity index (χ0n) is 13.1. The number of nitrogens with one attached hydrogen (secondary N) is 1. The van der Waals surface area contributed by atoms with Crippen LogP contribution in [0.25, 0.3) is 0 Å². The fraction of sp³-hybridized carbons (Fsp3) is 0.353. The summed E-state index contributed by atoms with van der Waals surface area (Å²) in [7, 11) is 0. The minimum Gasteiger partial charge on any atom is -0.379 e. The molecule has 3 rings (SSSR count). The van der Waals surface area contributed by atoms with Gasteiger partial charge in [0.05, 0.1) is 11.4 Å². The summed E-state index contributed by atoms with van der Waals surface area (Å²) in [6.45, 7) is 6.74. The molecule has 1 amide bonds. The van der Waals surface area contributed by atoms with Gasteiger partial charge >= 0.3 is 0 Å². The van der Waals surface area contributed by atoms with E-state index >= 15 is 0 Å². The van der Waals surface area contributed by atoms with Crippen LogP contribution in [0.5, 0.6) is 0 Å². The summed E-state index contributed by atoms with van der Waals surface area (Å²) in [5.41, 5.74) is 2.33. The molecule has 1 aromatic carbocycles. The first-order chi connectivity index (χ1) is 10.6. The highest BCUT2D eigenvalue weighted by Crippen LogP contribution is 2.33. The van der Waals surface area contributed by atoms with Crippen molar-refractivity contribution in [1.82, 2.24) is 9.97 Å². The number of aromatic nitrogens is 2. The van der Waals surface area contributed by atoms with Crippen LogP contribution < -0.4 is 10.2 Å². The second-order valence-electron chi connectivity index (χ2n) is 5.92. The van der Waals surface area contributed by atoms with E-state index in [1.807, 2.05) is 29.2 Å². The molecule has 0 radical (unpaired) electrons. The SMILES string of the molecule is Cc1nccc(C(=O)N2C[C@H](C(C)C)Nc3ccccc32)n1. The molecule has 1 atom stereocenters. The quantitative estimate of drug-likeness (QED) is 0.925. The van der Waals surface area contributed by atoms with E-state index in [4.69, 9.17) is 0 Å². The van der Waals surface area contributed by atoms with Crippen molar-refractivity contribution in [3.8, 4) is 0 Å². The molecule has 114 valence electrons. The van der Waals surface area contributed by atoms with Crippen molar-refractivity contribution >= 4 is 17.3 Å². The molecule has 0 aliphatic carbocycles. The zero-order chi connectivity index (χ0) is 15.7. The zero-order valence-corrected chi connectivity index (χ0v) is 13.1. The van der Waals surface area contributed by atoms with Gasteiger partial charge in [0.15, 0.2) is 0 Å². The molecule has 22 heavy (non-hydrogen) atoms. The van der Waals surface area contributed by atoms with E-state index in [2.05, 4.69) is 29.1 Å². The number of para-hydroxylation sites is 2. The number of hydrogen-bond donors (Lipinski definition) is 1. The average molecular weight is 296 g/mol. The van der Waals surface area contributed by atoms with Crippen LogP contribution in [-0.2, 0) is 0 Å². The monoisotopic (exact) mass is 296 g/mol. The van der Waals surface area contributed by atoms with E-state index in [-0.39, 0.29) is 11.9 Å². The Morgan fingerprint density at radius 1 is 1.32 bits per heavy atom. The smallest absolute Gasteiger partial charge is 0.277 e. The van der Waals surface area contributed by atoms with E-state index < -0.39 is 0 Å². The first-order valence-electron chi connectivity index (χ1n) is 7.53. The second kappa shape index (κ2) is 5.75. The summed E-state index contributed by atoms with van der Waals surface area (Å²) in [4.78, 5) is 23.0. The van der Waals surface area contributed by atoms with Gasteiger partial charge < -0.3 is 10.2 Å². The molecular formula is C17H20N4O. The van der Waals surface area contributed by atoms with Crippen molar-refractivity contribution in [2.75, 3.05) is 16.8 Å². The molecule has 5 heteroatoms. The van der Waals surface area contributed by atoms with Gasteiger partial charge in [0, 0.05) is 18.8 Å². The fourth-order valence-electron chi connectivity index (χ4n) is 2.65. The summed E-state index contributed by atoms with van der Waals surface area (Å²) in [6, 6.07) is 9.79. The Balaban J connectivity index is 1.99. The van der Waals surface area contributed by atoms with Gasteiger partial charge in [-0.15, -0.1) is 0 Å². The number of nitrogens with zero attached hydrogens (tertiary/aromatic N) is 3. The Hall–Kier alpha value is -2.43. The summed E-state index contributed by atoms with van der Waals surface area (Å²) in [6.07, 6.45) is 1.63. The van der Waals surface area contributed by atoms with Crippen LogP contribution in [0.1, 0.15) is 30.2 Å². The number of carbonyl (C=O) groups is 1. The largest absolute Gasteiger partial charge is 0.379 e. The number of anilines is 2. The first-order valence-corrected chi connectivity index (χ1v) is 7.53. The summed E-state index contributed by atoms with van der Waals surface area (Å²) < 4.78 is 0. The van der Waals surface area contributed by atoms with Crippen LogP contribution in [0.3, 0.4) is 0 Å². The minimum atomic E-state index is -0.0786. The van der Waals surface area contributed by atoms with Crippen LogP contribution in [-0.4, -0.2) is 28.5 Å². The third-order valence-corrected chi connectivity index (χ3v) is 3.96. The molecule has 1 aliphatic heterocycles. The molecule has 0 saturated carbocycles. The van der Waals surface area contributed by atoms with Gasteiger partial charge in [0.2, 0.25) is 0 Å². The van der Waals surface area contributed by atoms with Crippen LogP contribution in [0.4, 0.5) is 11.4 Å². The molecule has 0 spiro atoms. The molecule has 0 fully saturated rings. The van der Waals surface area contributed by atoms with Gasteiger partial charge in [-0.25, -0.2) is 9.97 Å². The Kier molecular flexibility index (Phi) is 3.79. The number of benzene rings is 1. The predicted molar refractivity (Wildman–Crippen MR) is 87.1 cm³/mol. The number of amides is 1. The molecule has 0 saturated heterocycles. The van der Waals surface area contributed by atoms with Crippen LogP contribution in [0.15, 0.2) is 36.5 Å². The van der Waals surface area contributed by atoms with Crippen LogP contribution in [0.2, 0.25) is 0 Å². The van der Waals surface area contributed by atoms with Gasteiger partial charge in [-0.3, -0.25) is 4.79 Å². The first kappa shape index (κ1) is 14.5. The Bertz CT molecular complexity index is 699. The third kappa shape index (κ3) is 2.66. The van der Waals surface area contributed by atoms with Gasteiger partial charge in [0.1, 0.15) is 11.5 Å². The lowest BCUT2D eigenvalue weighted by Crippen LogP contribution is -2.47. The number of fused-ring (bicyclic) bond motifs is 1. The topological polar surface area (TPSA) is 58.1 Å². The maximum absolute atomic E-state index is 12.9. The van der Waals surface area contributed by atoms with E-state index in [0.29, 0.717) is 24.0 Å². The molecule has 1 N–H and O–H groups in total. The summed E-state index contributed by atoms with van der Waals surface area (Å²) in [5.74, 6) is 0.954. The molecule has 0 unspecified atom stereocenters. The van der Waals surface area contributed by atoms with E-state index in [9.17, 15) is 4.79 Å². The summed E-state index contributed by atoms with van der Waals surface area (Å²) >= 11 is 0. The highest BCUT2D eigenvalue weighted by Gasteiger charge is 2.30. The number of hydrogen-bond acceptors (Lipinski definition) is 4. The van der Waals surface area contributed by atoms with Gasteiger partial charge in [-0.05, 0) is 31.0 Å². The Morgan fingerprint density at radius 3 is 2.82 bits per heavy atom. The van der Waals surface area contributed by atoms with Crippen molar-refractivity contribution < 1.29 is 4.79 Å². The van der Waals surface area contributed by atoms with Crippen molar-refractivity contribution in [3.05, 3.63) is 48.0 Å². The van der Waals surface area contributed by atoms with Crippen molar-refractivity contribution in [3.63, 3.8) is 0 Å². The van der Waals surface area contributed by atoms with Gasteiger partial charge in [-0.2, -0.15) is 0 Å². The molecule has 0 bridgehead atoms. The third-order valence-electron chi connectivity index (χ3n) is 3.96. The van der Waals surface area contributed by atoms with Crippen molar-refractivity contribution in [2.45, 2.75) is 26.8 Å². The Morgan fingerprint density at radius 2 is 2.09 bits per heavy atom. The second-order valence-corrected chi connectivity index (χ2v) is 5.92. The van der Waals surface area contributed by atoms with Gasteiger partial charge in [-0.1, -0.05) is 26.0 Å². The van der Waals surface area contributed by atoms with Crippen LogP contribution >= 0.6 is 0 Å². The predicted octanol–water partition coefficient (Wildman–Crippen LogP) is 2.88. The highest BCUT2D eigenvalue weighted by molar-refractivity contribution is 6.07. The number of aryl methyl sites for hydroxylation is 1. The van der Waals surface area contributed by atoms with E-state index in [1.165, 1.54) is 0 Å². The molecule has 1 aromatic heterocycles. The maximum Gasteiger partial charge on any atom is 0.277 e. The van der Waals surface area contributed by atoms with E-state index in [1.54, 1.807) is 19.2 Å². The summed E-state index contributed by atoms with van der Waals surface area (Å²) in [5, 5.41) is 3.52. The van der Waals surface area contributed by atoms with Crippen molar-refractivity contribution in [2.24, 2.45) is 5.92 Å².